The summed E-state index contributed by atoms with van der Waals surface area (Å²) in [5.74, 6) is -0.708. The zero-order chi connectivity index (χ0) is 22.2. The number of nitrogens with one attached hydrogen (secondary N) is 2. The summed E-state index contributed by atoms with van der Waals surface area (Å²) in [7, 11) is 0. The lowest BCUT2D eigenvalue weighted by atomic mass is 9.87. The Morgan fingerprint density at radius 3 is 2.24 bits per heavy atom. The molecular weight excluding hydrogens is 376 g/mol. The van der Waals surface area contributed by atoms with E-state index in [1.165, 1.54) is 6.92 Å². The van der Waals surface area contributed by atoms with Gasteiger partial charge in [0, 0.05) is 18.9 Å². The number of carbonyl (C=O) groups excluding carboxylic acids is 3. The molecule has 0 aromatic heterocycles. The van der Waals surface area contributed by atoms with E-state index in [1.807, 2.05) is 13.8 Å². The lowest BCUT2D eigenvalue weighted by Gasteiger charge is -2.38. The van der Waals surface area contributed by atoms with Crippen molar-refractivity contribution in [3.8, 4) is 0 Å². The number of esters is 1. The molecule has 1 aliphatic rings. The average molecular weight is 413 g/mol. The third-order valence-electron chi connectivity index (χ3n) is 4.46. The molecule has 8 heteroatoms. The molecule has 0 radical (unpaired) electrons. The highest BCUT2D eigenvalue weighted by Crippen LogP contribution is 2.25. The second-order valence-corrected chi connectivity index (χ2v) is 8.13. The topological polar surface area (TPSA) is 103 Å². The van der Waals surface area contributed by atoms with Crippen LogP contribution in [0.3, 0.4) is 0 Å². The predicted octanol–water partition coefficient (Wildman–Crippen LogP) is 2.85. The van der Waals surface area contributed by atoms with E-state index in [-0.39, 0.29) is 25.0 Å². The maximum absolute atomic E-state index is 12.4. The van der Waals surface area contributed by atoms with Gasteiger partial charge in [0.05, 0.1) is 30.9 Å². The van der Waals surface area contributed by atoms with E-state index < -0.39 is 35.9 Å². The highest BCUT2D eigenvalue weighted by Gasteiger charge is 2.39. The number of rotatable bonds is 8. The first-order chi connectivity index (χ1) is 13.5. The van der Waals surface area contributed by atoms with E-state index in [1.54, 1.807) is 33.8 Å². The summed E-state index contributed by atoms with van der Waals surface area (Å²) in [6.45, 7) is 12.7. The molecule has 0 aromatic rings. The SMILES string of the molecule is CCOC(=O)C1=CC(OC(CC)CC)C(NC(C)=O)[C@@H](NC(=O)OC(C)(C)C)C1. The highest BCUT2D eigenvalue weighted by atomic mass is 16.6. The molecule has 2 unspecified atom stereocenters. The number of hydrogen-bond donors (Lipinski definition) is 2. The standard InChI is InChI=1S/C21H36N2O6/c1-8-15(9-2)28-17-12-14(19(25)27-10-3)11-16(18(17)22-13(4)24)23-20(26)29-21(5,6)7/h12,15-18H,8-11H2,1-7H3,(H,22,24)(H,23,26)/t16-,17?,18?/m0/s1. The number of amides is 2. The molecule has 8 nitrogen and oxygen atoms in total. The van der Waals surface area contributed by atoms with Gasteiger partial charge >= 0.3 is 12.1 Å². The van der Waals surface area contributed by atoms with E-state index in [0.717, 1.165) is 12.8 Å². The van der Waals surface area contributed by atoms with Gasteiger partial charge in [0.1, 0.15) is 5.60 Å². The van der Waals surface area contributed by atoms with Crippen LogP contribution in [0.15, 0.2) is 11.6 Å². The molecule has 0 bridgehead atoms. The second-order valence-electron chi connectivity index (χ2n) is 8.13. The number of alkyl carbamates (subject to hydrolysis) is 1. The van der Waals surface area contributed by atoms with Crippen molar-refractivity contribution in [3.05, 3.63) is 11.6 Å². The van der Waals surface area contributed by atoms with E-state index in [9.17, 15) is 14.4 Å². The minimum Gasteiger partial charge on any atom is -0.463 e. The van der Waals surface area contributed by atoms with Crippen LogP contribution in [0.5, 0.6) is 0 Å². The van der Waals surface area contributed by atoms with Gasteiger partial charge in [-0.1, -0.05) is 13.8 Å². The van der Waals surface area contributed by atoms with Crippen molar-refractivity contribution in [2.24, 2.45) is 0 Å². The van der Waals surface area contributed by atoms with E-state index in [2.05, 4.69) is 10.6 Å². The van der Waals surface area contributed by atoms with Crippen molar-refractivity contribution in [3.63, 3.8) is 0 Å². The first kappa shape index (κ1) is 24.9. The molecule has 0 heterocycles. The first-order valence-corrected chi connectivity index (χ1v) is 10.3. The Morgan fingerprint density at radius 1 is 1.14 bits per heavy atom. The van der Waals surface area contributed by atoms with Gasteiger partial charge in [0.15, 0.2) is 0 Å². The fourth-order valence-corrected chi connectivity index (χ4v) is 3.18. The third kappa shape index (κ3) is 8.43. The maximum Gasteiger partial charge on any atom is 0.407 e. The zero-order valence-corrected chi connectivity index (χ0v) is 18.7. The van der Waals surface area contributed by atoms with E-state index >= 15 is 0 Å². The lowest BCUT2D eigenvalue weighted by molar-refractivity contribution is -0.139. The summed E-state index contributed by atoms with van der Waals surface area (Å²) >= 11 is 0. The van der Waals surface area contributed by atoms with Gasteiger partial charge in [0.2, 0.25) is 5.91 Å². The highest BCUT2D eigenvalue weighted by molar-refractivity contribution is 5.89. The van der Waals surface area contributed by atoms with Crippen LogP contribution in [0.1, 0.15) is 67.7 Å². The van der Waals surface area contributed by atoms with Crippen molar-refractivity contribution >= 4 is 18.0 Å². The van der Waals surface area contributed by atoms with Gasteiger partial charge in [-0.2, -0.15) is 0 Å². The third-order valence-corrected chi connectivity index (χ3v) is 4.46. The molecule has 1 rings (SSSR count). The van der Waals surface area contributed by atoms with Gasteiger partial charge in [0.25, 0.3) is 0 Å². The summed E-state index contributed by atoms with van der Waals surface area (Å²) < 4.78 is 16.7. The smallest absolute Gasteiger partial charge is 0.407 e. The van der Waals surface area contributed by atoms with Gasteiger partial charge in [-0.3, -0.25) is 4.79 Å². The summed E-state index contributed by atoms with van der Waals surface area (Å²) in [6.07, 6.45) is 2.21. The molecule has 0 aliphatic heterocycles. The summed E-state index contributed by atoms with van der Waals surface area (Å²) in [5, 5.41) is 5.66. The molecule has 2 N–H and O–H groups in total. The van der Waals surface area contributed by atoms with Crippen LogP contribution >= 0.6 is 0 Å². The molecule has 0 saturated heterocycles. The Kier molecular flexibility index (Phi) is 9.62. The van der Waals surface area contributed by atoms with Crippen molar-refractivity contribution < 1.29 is 28.6 Å². The van der Waals surface area contributed by atoms with Gasteiger partial charge in [-0.25, -0.2) is 9.59 Å². The van der Waals surface area contributed by atoms with Crippen LogP contribution in [0.4, 0.5) is 4.79 Å². The Morgan fingerprint density at radius 2 is 1.76 bits per heavy atom. The van der Waals surface area contributed by atoms with Crippen molar-refractivity contribution in [2.75, 3.05) is 6.61 Å². The quantitative estimate of drug-likeness (QED) is 0.594. The van der Waals surface area contributed by atoms with Gasteiger partial charge in [-0.15, -0.1) is 0 Å². The molecule has 0 fully saturated rings. The minimum absolute atomic E-state index is 0.0452. The Balaban J connectivity index is 3.20. The average Bonchev–Trinajstić information content (AvgIpc) is 2.59. The summed E-state index contributed by atoms with van der Waals surface area (Å²) in [4.78, 5) is 36.6. The first-order valence-electron chi connectivity index (χ1n) is 10.3. The van der Waals surface area contributed by atoms with Crippen LogP contribution in [0.25, 0.3) is 0 Å². The molecular formula is C21H36N2O6. The Hall–Kier alpha value is -2.09. The second kappa shape index (κ2) is 11.2. The lowest BCUT2D eigenvalue weighted by Crippen LogP contribution is -2.60. The molecule has 2 amide bonds. The van der Waals surface area contributed by atoms with Crippen molar-refractivity contribution in [1.82, 2.24) is 10.6 Å². The molecule has 0 saturated carbocycles. The van der Waals surface area contributed by atoms with Crippen LogP contribution < -0.4 is 10.6 Å². The fourth-order valence-electron chi connectivity index (χ4n) is 3.18. The Labute approximate surface area is 173 Å². The van der Waals surface area contributed by atoms with E-state index in [0.29, 0.717) is 5.57 Å². The molecule has 3 atom stereocenters. The number of carbonyl (C=O) groups is 3. The maximum atomic E-state index is 12.4. The fraction of sp³-hybridized carbons (Fsp3) is 0.762. The molecule has 0 aromatic carbocycles. The van der Waals surface area contributed by atoms with Crippen LogP contribution in [-0.4, -0.2) is 54.5 Å². The largest absolute Gasteiger partial charge is 0.463 e. The normalized spacial score (nSPS) is 21.9. The van der Waals surface area contributed by atoms with E-state index in [4.69, 9.17) is 14.2 Å². The molecule has 1 aliphatic carbocycles. The predicted molar refractivity (Wildman–Crippen MR) is 109 cm³/mol. The van der Waals surface area contributed by atoms with Gasteiger partial charge in [-0.05, 0) is 46.6 Å². The number of ether oxygens (including phenoxy) is 3. The molecule has 166 valence electrons. The van der Waals surface area contributed by atoms with Crippen LogP contribution in [-0.2, 0) is 23.8 Å². The van der Waals surface area contributed by atoms with Gasteiger partial charge < -0.3 is 24.8 Å². The molecule has 0 spiro atoms. The van der Waals surface area contributed by atoms with Crippen molar-refractivity contribution in [2.45, 2.75) is 97.6 Å². The molecule has 29 heavy (non-hydrogen) atoms. The summed E-state index contributed by atoms with van der Waals surface area (Å²) in [6, 6.07) is -1.13. The Bertz CT molecular complexity index is 607. The number of hydrogen-bond acceptors (Lipinski definition) is 6. The van der Waals surface area contributed by atoms with Crippen molar-refractivity contribution in [1.29, 1.82) is 0 Å². The van der Waals surface area contributed by atoms with Crippen LogP contribution in [0, 0.1) is 0 Å². The monoisotopic (exact) mass is 412 g/mol. The summed E-state index contributed by atoms with van der Waals surface area (Å²) in [5.41, 5.74) is -0.265. The minimum atomic E-state index is -0.673. The zero-order valence-electron chi connectivity index (χ0n) is 18.7. The van der Waals surface area contributed by atoms with Crippen LogP contribution in [0.2, 0.25) is 0 Å².